The van der Waals surface area contributed by atoms with Gasteiger partial charge in [0.15, 0.2) is 0 Å². The molecule has 1 nitrogen and oxygen atoms in total. The molecule has 0 fully saturated rings. The fraction of sp³-hybridized carbons (Fsp3) is 0.500. The quantitative estimate of drug-likeness (QED) is 0.716. The first-order valence-electron chi connectivity index (χ1n) is 5.23. The summed E-state index contributed by atoms with van der Waals surface area (Å²) in [7, 11) is 0. The second-order valence-corrected chi connectivity index (χ2v) is 4.06. The summed E-state index contributed by atoms with van der Waals surface area (Å²) in [6, 6.07) is 8.77. The molecule has 1 aromatic rings. The van der Waals surface area contributed by atoms with Gasteiger partial charge in [0.05, 0.1) is 0 Å². The van der Waals surface area contributed by atoms with E-state index in [-0.39, 0.29) is 6.04 Å². The van der Waals surface area contributed by atoms with Crippen molar-refractivity contribution in [3.63, 3.8) is 0 Å². The first-order valence-corrected chi connectivity index (χ1v) is 5.86. The zero-order chi connectivity index (χ0) is 10.4. The van der Waals surface area contributed by atoms with Gasteiger partial charge in [0, 0.05) is 6.04 Å². The Hall–Kier alpha value is -0.470. The lowest BCUT2D eigenvalue weighted by Crippen LogP contribution is -2.10. The normalized spacial score (nSPS) is 12.8. The molecule has 2 N–H and O–H groups in total. The summed E-state index contributed by atoms with van der Waals surface area (Å²) in [4.78, 5) is 0. The van der Waals surface area contributed by atoms with Crippen LogP contribution in [0.25, 0.3) is 0 Å². The molecule has 0 aliphatic carbocycles. The second-order valence-electron chi connectivity index (χ2n) is 3.61. The summed E-state index contributed by atoms with van der Waals surface area (Å²) < 4.78 is 0. The predicted octanol–water partition coefficient (Wildman–Crippen LogP) is 2.96. The Labute approximate surface area is 92.1 Å². The maximum Gasteiger partial charge on any atom is 0.0302 e. The Morgan fingerprint density at radius 1 is 1.29 bits per heavy atom. The molecule has 1 unspecified atom stereocenters. The van der Waals surface area contributed by atoms with Crippen LogP contribution < -0.4 is 5.73 Å². The van der Waals surface area contributed by atoms with Gasteiger partial charge in [0.2, 0.25) is 0 Å². The zero-order valence-corrected chi connectivity index (χ0v) is 9.63. The summed E-state index contributed by atoms with van der Waals surface area (Å²) in [5.41, 5.74) is 8.60. The second kappa shape index (κ2) is 6.10. The third-order valence-corrected chi connectivity index (χ3v) is 2.64. The van der Waals surface area contributed by atoms with Crippen LogP contribution in [-0.2, 0) is 6.42 Å². The minimum atomic E-state index is 0.142. The van der Waals surface area contributed by atoms with Gasteiger partial charge in [-0.05, 0) is 29.7 Å². The molecule has 0 aliphatic heterocycles. The highest BCUT2D eigenvalue weighted by molar-refractivity contribution is 7.80. The predicted molar refractivity (Wildman–Crippen MR) is 65.8 cm³/mol. The van der Waals surface area contributed by atoms with E-state index in [1.54, 1.807) is 0 Å². The van der Waals surface area contributed by atoms with Crippen molar-refractivity contribution in [2.24, 2.45) is 5.73 Å². The first-order chi connectivity index (χ1) is 6.77. The Balaban J connectivity index is 2.62. The van der Waals surface area contributed by atoms with Crippen LogP contribution in [0.3, 0.4) is 0 Å². The van der Waals surface area contributed by atoms with Crippen molar-refractivity contribution in [2.75, 3.05) is 5.75 Å². The van der Waals surface area contributed by atoms with E-state index in [9.17, 15) is 0 Å². The lowest BCUT2D eigenvalue weighted by atomic mass is 10.0. The Kier molecular flexibility index (Phi) is 5.05. The molecule has 1 rings (SSSR count). The fourth-order valence-corrected chi connectivity index (χ4v) is 1.80. The van der Waals surface area contributed by atoms with Crippen LogP contribution in [0.1, 0.15) is 36.9 Å². The molecule has 0 aromatic heterocycles. The highest BCUT2D eigenvalue weighted by atomic mass is 32.1. The van der Waals surface area contributed by atoms with E-state index >= 15 is 0 Å². The van der Waals surface area contributed by atoms with Gasteiger partial charge in [-0.1, -0.05) is 37.6 Å². The van der Waals surface area contributed by atoms with Crippen LogP contribution in [0, 0.1) is 0 Å². The van der Waals surface area contributed by atoms with Gasteiger partial charge >= 0.3 is 0 Å². The lowest BCUT2D eigenvalue weighted by Gasteiger charge is -2.10. The van der Waals surface area contributed by atoms with E-state index in [1.807, 2.05) is 0 Å². The molecule has 0 saturated carbocycles. The molecule has 0 heterocycles. The van der Waals surface area contributed by atoms with Gasteiger partial charge < -0.3 is 5.73 Å². The molecule has 2 heteroatoms. The van der Waals surface area contributed by atoms with Crippen molar-refractivity contribution in [1.82, 2.24) is 0 Å². The van der Waals surface area contributed by atoms with Gasteiger partial charge in [-0.2, -0.15) is 12.6 Å². The fourth-order valence-electron chi connectivity index (χ4n) is 1.53. The van der Waals surface area contributed by atoms with Crippen molar-refractivity contribution in [3.05, 3.63) is 35.4 Å². The van der Waals surface area contributed by atoms with E-state index in [1.165, 1.54) is 17.5 Å². The van der Waals surface area contributed by atoms with Gasteiger partial charge in [-0.25, -0.2) is 0 Å². The molecular formula is C12H19NS. The number of nitrogens with two attached hydrogens (primary N) is 1. The lowest BCUT2D eigenvalue weighted by molar-refractivity contribution is 0.706. The van der Waals surface area contributed by atoms with E-state index in [0.717, 1.165) is 18.6 Å². The van der Waals surface area contributed by atoms with Crippen LogP contribution >= 0.6 is 12.6 Å². The molecule has 0 bridgehead atoms. The van der Waals surface area contributed by atoms with Crippen molar-refractivity contribution in [3.8, 4) is 0 Å². The standard InChI is InChI=1S/C12H19NS/c1-2-3-10-4-6-11(7-5-10)12(13)8-9-14/h4-7,12,14H,2-3,8-9,13H2,1H3. The average Bonchev–Trinajstić information content (AvgIpc) is 2.20. The molecule has 0 amide bonds. The van der Waals surface area contributed by atoms with Gasteiger partial charge in [0.1, 0.15) is 0 Å². The molecule has 1 aromatic carbocycles. The van der Waals surface area contributed by atoms with Gasteiger partial charge in [-0.15, -0.1) is 0 Å². The summed E-state index contributed by atoms with van der Waals surface area (Å²) in [6.07, 6.45) is 3.29. The number of hydrogen-bond acceptors (Lipinski definition) is 2. The number of aryl methyl sites for hydroxylation is 1. The molecule has 0 spiro atoms. The Morgan fingerprint density at radius 2 is 1.93 bits per heavy atom. The van der Waals surface area contributed by atoms with Crippen LogP contribution in [0.2, 0.25) is 0 Å². The third kappa shape index (κ3) is 3.35. The smallest absolute Gasteiger partial charge is 0.0302 e. The van der Waals surface area contributed by atoms with Crippen LogP contribution in [0.15, 0.2) is 24.3 Å². The van der Waals surface area contributed by atoms with Crippen molar-refractivity contribution in [2.45, 2.75) is 32.2 Å². The number of benzene rings is 1. The first kappa shape index (κ1) is 11.6. The Bertz CT molecular complexity index is 256. The van der Waals surface area contributed by atoms with Crippen LogP contribution in [-0.4, -0.2) is 5.75 Å². The molecule has 0 saturated heterocycles. The maximum absolute atomic E-state index is 5.98. The summed E-state index contributed by atoms with van der Waals surface area (Å²) >= 11 is 4.18. The Morgan fingerprint density at radius 3 is 2.43 bits per heavy atom. The molecule has 78 valence electrons. The molecule has 0 radical (unpaired) electrons. The average molecular weight is 209 g/mol. The van der Waals surface area contributed by atoms with Crippen molar-refractivity contribution < 1.29 is 0 Å². The van der Waals surface area contributed by atoms with Crippen LogP contribution in [0.4, 0.5) is 0 Å². The number of hydrogen-bond donors (Lipinski definition) is 2. The largest absolute Gasteiger partial charge is 0.324 e. The monoisotopic (exact) mass is 209 g/mol. The van der Waals surface area contributed by atoms with Crippen molar-refractivity contribution in [1.29, 1.82) is 0 Å². The zero-order valence-electron chi connectivity index (χ0n) is 8.74. The van der Waals surface area contributed by atoms with E-state index in [2.05, 4.69) is 43.8 Å². The number of thiol groups is 1. The molecule has 0 aliphatic rings. The van der Waals surface area contributed by atoms with E-state index in [4.69, 9.17) is 5.73 Å². The minimum absolute atomic E-state index is 0.142. The van der Waals surface area contributed by atoms with Gasteiger partial charge in [-0.3, -0.25) is 0 Å². The highest BCUT2D eigenvalue weighted by Crippen LogP contribution is 2.15. The number of rotatable bonds is 5. The van der Waals surface area contributed by atoms with E-state index in [0.29, 0.717) is 0 Å². The topological polar surface area (TPSA) is 26.0 Å². The summed E-state index contributed by atoms with van der Waals surface area (Å²) in [6.45, 7) is 2.19. The van der Waals surface area contributed by atoms with Crippen LogP contribution in [0.5, 0.6) is 0 Å². The highest BCUT2D eigenvalue weighted by Gasteiger charge is 2.03. The van der Waals surface area contributed by atoms with Crippen molar-refractivity contribution >= 4 is 12.6 Å². The molecular weight excluding hydrogens is 190 g/mol. The minimum Gasteiger partial charge on any atom is -0.324 e. The molecule has 1 atom stereocenters. The third-order valence-electron chi connectivity index (χ3n) is 2.39. The van der Waals surface area contributed by atoms with Gasteiger partial charge in [0.25, 0.3) is 0 Å². The maximum atomic E-state index is 5.98. The SMILES string of the molecule is CCCc1ccc(C(N)CCS)cc1. The summed E-state index contributed by atoms with van der Waals surface area (Å²) in [5.74, 6) is 0.845. The molecule has 14 heavy (non-hydrogen) atoms. The summed E-state index contributed by atoms with van der Waals surface area (Å²) in [5, 5.41) is 0. The van der Waals surface area contributed by atoms with E-state index < -0.39 is 0 Å².